The fourth-order valence-electron chi connectivity index (χ4n) is 1.61. The fraction of sp³-hybridized carbons (Fsp3) is 0.615. The molecule has 6 heteroatoms. The van der Waals surface area contributed by atoms with Gasteiger partial charge >= 0.3 is 6.03 Å². The second-order valence-corrected chi connectivity index (χ2v) is 5.43. The van der Waals surface area contributed by atoms with Crippen molar-refractivity contribution in [1.82, 2.24) is 10.6 Å². The van der Waals surface area contributed by atoms with Crippen molar-refractivity contribution < 1.29 is 14.6 Å². The molecule has 108 valence electrons. The van der Waals surface area contributed by atoms with Crippen molar-refractivity contribution in [2.45, 2.75) is 25.4 Å². The Morgan fingerprint density at radius 2 is 2.32 bits per heavy atom. The lowest BCUT2D eigenvalue weighted by molar-refractivity contribution is 0.0598. The maximum Gasteiger partial charge on any atom is 0.314 e. The number of rotatable bonds is 8. The zero-order valence-electron chi connectivity index (χ0n) is 11.4. The summed E-state index contributed by atoms with van der Waals surface area (Å²) in [6, 6.07) is 3.87. The minimum Gasteiger partial charge on any atom is -0.391 e. The number of aliphatic hydroxyl groups excluding tert-OH is 1. The molecule has 5 nitrogen and oxygen atoms in total. The van der Waals surface area contributed by atoms with Crippen LogP contribution in [0.25, 0.3) is 0 Å². The summed E-state index contributed by atoms with van der Waals surface area (Å²) in [6.45, 7) is 3.41. The standard InChI is InChI=1S/C13H22N2O3S/c1-10(12-4-3-7-19-12)8-15-13(17)14-6-5-11(16)9-18-2/h3-4,7,10-11,16H,5-6,8-9H2,1-2H3,(H2,14,15,17). The van der Waals surface area contributed by atoms with Gasteiger partial charge in [-0.15, -0.1) is 11.3 Å². The summed E-state index contributed by atoms with van der Waals surface area (Å²) in [5.74, 6) is 0.310. The van der Waals surface area contributed by atoms with E-state index in [4.69, 9.17) is 4.74 Å². The molecule has 2 atom stereocenters. The van der Waals surface area contributed by atoms with E-state index >= 15 is 0 Å². The molecule has 0 spiro atoms. The van der Waals surface area contributed by atoms with Gasteiger partial charge in [0.2, 0.25) is 0 Å². The van der Waals surface area contributed by atoms with Crippen LogP contribution < -0.4 is 10.6 Å². The first-order chi connectivity index (χ1) is 9.13. The van der Waals surface area contributed by atoms with Gasteiger partial charge in [-0.1, -0.05) is 13.0 Å². The molecule has 19 heavy (non-hydrogen) atoms. The van der Waals surface area contributed by atoms with Gasteiger partial charge in [0.25, 0.3) is 0 Å². The normalized spacial score (nSPS) is 13.8. The molecular formula is C13H22N2O3S. The maximum absolute atomic E-state index is 11.5. The van der Waals surface area contributed by atoms with E-state index in [0.717, 1.165) is 0 Å². The molecule has 2 unspecified atom stereocenters. The van der Waals surface area contributed by atoms with E-state index in [2.05, 4.69) is 23.6 Å². The van der Waals surface area contributed by atoms with Crippen LogP contribution >= 0.6 is 11.3 Å². The van der Waals surface area contributed by atoms with Crippen LogP contribution in [0.5, 0.6) is 0 Å². The first-order valence-corrected chi connectivity index (χ1v) is 7.23. The molecule has 1 aromatic rings. The number of carbonyl (C=O) groups excluding carboxylic acids is 1. The first kappa shape index (κ1) is 15.9. The highest BCUT2D eigenvalue weighted by atomic mass is 32.1. The number of hydrogen-bond donors (Lipinski definition) is 3. The van der Waals surface area contributed by atoms with Crippen LogP contribution in [0.15, 0.2) is 17.5 Å². The lowest BCUT2D eigenvalue weighted by atomic mass is 10.1. The molecular weight excluding hydrogens is 264 g/mol. The SMILES string of the molecule is COCC(O)CCNC(=O)NCC(C)c1cccs1. The summed E-state index contributed by atoms with van der Waals surface area (Å²) >= 11 is 1.69. The number of methoxy groups -OCH3 is 1. The third kappa shape index (κ3) is 6.56. The van der Waals surface area contributed by atoms with Crippen LogP contribution in [-0.4, -0.2) is 44.0 Å². The van der Waals surface area contributed by atoms with Crippen LogP contribution in [0.2, 0.25) is 0 Å². The molecule has 0 saturated heterocycles. The van der Waals surface area contributed by atoms with Crippen molar-refractivity contribution in [3.63, 3.8) is 0 Å². The quantitative estimate of drug-likeness (QED) is 0.679. The van der Waals surface area contributed by atoms with Crippen LogP contribution in [0.3, 0.4) is 0 Å². The van der Waals surface area contributed by atoms with E-state index in [1.165, 1.54) is 12.0 Å². The van der Waals surface area contributed by atoms with Gasteiger partial charge in [0.15, 0.2) is 0 Å². The molecule has 0 bridgehead atoms. The molecule has 0 aliphatic rings. The number of aliphatic hydroxyl groups is 1. The second-order valence-electron chi connectivity index (χ2n) is 4.45. The summed E-state index contributed by atoms with van der Waals surface area (Å²) in [6.07, 6.45) is -0.0443. The molecule has 0 radical (unpaired) electrons. The van der Waals surface area contributed by atoms with Gasteiger partial charge in [-0.05, 0) is 17.9 Å². The number of carbonyl (C=O) groups is 1. The molecule has 1 aromatic heterocycles. The highest BCUT2D eigenvalue weighted by molar-refractivity contribution is 7.10. The summed E-state index contributed by atoms with van der Waals surface area (Å²) in [7, 11) is 1.54. The minimum atomic E-state index is -0.532. The van der Waals surface area contributed by atoms with Crippen molar-refractivity contribution in [3.05, 3.63) is 22.4 Å². The van der Waals surface area contributed by atoms with Gasteiger partial charge in [-0.2, -0.15) is 0 Å². The van der Waals surface area contributed by atoms with E-state index in [-0.39, 0.29) is 6.03 Å². The highest BCUT2D eigenvalue weighted by Crippen LogP contribution is 2.19. The van der Waals surface area contributed by atoms with Crippen molar-refractivity contribution in [2.75, 3.05) is 26.8 Å². The lowest BCUT2D eigenvalue weighted by Gasteiger charge is -2.13. The van der Waals surface area contributed by atoms with Crippen molar-refractivity contribution in [3.8, 4) is 0 Å². The van der Waals surface area contributed by atoms with Crippen LogP contribution in [0.4, 0.5) is 4.79 Å². The number of urea groups is 1. The Bertz CT molecular complexity index is 357. The molecule has 0 aromatic carbocycles. The van der Waals surface area contributed by atoms with Crippen molar-refractivity contribution in [2.24, 2.45) is 0 Å². The Hall–Kier alpha value is -1.11. The largest absolute Gasteiger partial charge is 0.391 e. The number of thiophene rings is 1. The highest BCUT2D eigenvalue weighted by Gasteiger charge is 2.09. The Kier molecular flexibility index (Phi) is 7.47. The van der Waals surface area contributed by atoms with Gasteiger partial charge in [-0.25, -0.2) is 4.79 Å². The number of amides is 2. The number of nitrogens with one attached hydrogen (secondary N) is 2. The van der Waals surface area contributed by atoms with Gasteiger partial charge in [0.05, 0.1) is 12.7 Å². The third-order valence-electron chi connectivity index (χ3n) is 2.72. The maximum atomic E-state index is 11.5. The van der Waals surface area contributed by atoms with E-state index in [1.807, 2.05) is 11.4 Å². The van der Waals surface area contributed by atoms with Crippen LogP contribution in [0, 0.1) is 0 Å². The van der Waals surface area contributed by atoms with Crippen molar-refractivity contribution in [1.29, 1.82) is 0 Å². The number of ether oxygens (including phenoxy) is 1. The predicted octanol–water partition coefficient (Wildman–Crippen LogP) is 1.55. The predicted molar refractivity (Wildman–Crippen MR) is 76.6 cm³/mol. The summed E-state index contributed by atoms with van der Waals surface area (Å²) < 4.78 is 4.80. The van der Waals surface area contributed by atoms with Crippen LogP contribution in [0.1, 0.15) is 24.1 Å². The van der Waals surface area contributed by atoms with Crippen molar-refractivity contribution >= 4 is 17.4 Å². The zero-order chi connectivity index (χ0) is 14.1. The van der Waals surface area contributed by atoms with E-state index < -0.39 is 6.10 Å². The van der Waals surface area contributed by atoms with E-state index in [1.54, 1.807) is 11.3 Å². The van der Waals surface area contributed by atoms with E-state index in [0.29, 0.717) is 32.0 Å². The summed E-state index contributed by atoms with van der Waals surface area (Å²) in [4.78, 5) is 12.8. The Morgan fingerprint density at radius 3 is 2.95 bits per heavy atom. The molecule has 2 amide bonds. The van der Waals surface area contributed by atoms with Gasteiger partial charge in [0, 0.05) is 31.0 Å². The first-order valence-electron chi connectivity index (χ1n) is 6.35. The molecule has 0 aliphatic heterocycles. The average Bonchev–Trinajstić information content (AvgIpc) is 2.90. The molecule has 1 rings (SSSR count). The molecule has 0 saturated carbocycles. The zero-order valence-corrected chi connectivity index (χ0v) is 12.2. The van der Waals surface area contributed by atoms with Gasteiger partial charge in [-0.3, -0.25) is 0 Å². The number of hydrogen-bond acceptors (Lipinski definition) is 4. The van der Waals surface area contributed by atoms with Crippen LogP contribution in [-0.2, 0) is 4.74 Å². The summed E-state index contributed by atoms with van der Waals surface area (Å²) in [5.41, 5.74) is 0. The monoisotopic (exact) mass is 286 g/mol. The molecule has 0 fully saturated rings. The molecule has 1 heterocycles. The van der Waals surface area contributed by atoms with Gasteiger partial charge in [0.1, 0.15) is 0 Å². The molecule has 0 aliphatic carbocycles. The third-order valence-corrected chi connectivity index (χ3v) is 3.82. The van der Waals surface area contributed by atoms with Gasteiger partial charge < -0.3 is 20.5 Å². The Labute approximate surface area is 118 Å². The fourth-order valence-corrected chi connectivity index (χ4v) is 2.40. The molecule has 3 N–H and O–H groups in total. The summed E-state index contributed by atoms with van der Waals surface area (Å²) in [5, 5.41) is 17.0. The average molecular weight is 286 g/mol. The topological polar surface area (TPSA) is 70.6 Å². The minimum absolute atomic E-state index is 0.201. The smallest absolute Gasteiger partial charge is 0.314 e. The Morgan fingerprint density at radius 1 is 1.53 bits per heavy atom. The Balaban J connectivity index is 2.11. The van der Waals surface area contributed by atoms with E-state index in [9.17, 15) is 9.90 Å². The lowest BCUT2D eigenvalue weighted by Crippen LogP contribution is -2.38. The second kappa shape index (κ2) is 8.90.